The summed E-state index contributed by atoms with van der Waals surface area (Å²) in [7, 11) is 1.79. The standard InChI is InChI=1S/C16H20N4O/c1-11-6-4-5-7-13(11)10-20(3)16(21)14-8-12(2)18-15(9-14)19-17/h4-9H,10,17H2,1-3H3,(H,18,19). The molecule has 1 heterocycles. The van der Waals surface area contributed by atoms with Gasteiger partial charge < -0.3 is 10.3 Å². The summed E-state index contributed by atoms with van der Waals surface area (Å²) in [4.78, 5) is 18.4. The third kappa shape index (κ3) is 3.58. The maximum Gasteiger partial charge on any atom is 0.254 e. The predicted molar refractivity (Wildman–Crippen MR) is 83.8 cm³/mol. The van der Waals surface area contributed by atoms with Crippen molar-refractivity contribution in [3.63, 3.8) is 0 Å². The van der Waals surface area contributed by atoms with Crippen molar-refractivity contribution >= 4 is 11.7 Å². The summed E-state index contributed by atoms with van der Waals surface area (Å²) in [5.41, 5.74) is 6.11. The first kappa shape index (κ1) is 15.0. The van der Waals surface area contributed by atoms with Crippen molar-refractivity contribution in [1.82, 2.24) is 9.88 Å². The van der Waals surface area contributed by atoms with Crippen LogP contribution in [0.4, 0.5) is 5.82 Å². The summed E-state index contributed by atoms with van der Waals surface area (Å²) in [5, 5.41) is 0. The number of nitrogen functional groups attached to an aromatic ring is 1. The van der Waals surface area contributed by atoms with Crippen molar-refractivity contribution in [3.05, 3.63) is 58.8 Å². The van der Waals surface area contributed by atoms with E-state index < -0.39 is 0 Å². The number of nitrogens with one attached hydrogen (secondary N) is 1. The molecule has 5 nitrogen and oxygen atoms in total. The molecule has 1 amide bonds. The SMILES string of the molecule is Cc1cc(C(=O)N(C)Cc2ccccc2C)cc(NN)n1. The Morgan fingerprint density at radius 3 is 2.67 bits per heavy atom. The largest absolute Gasteiger partial charge is 0.337 e. The molecule has 1 aromatic heterocycles. The molecule has 0 saturated carbocycles. The zero-order valence-electron chi connectivity index (χ0n) is 12.6. The van der Waals surface area contributed by atoms with E-state index in [9.17, 15) is 4.79 Å². The van der Waals surface area contributed by atoms with Crippen LogP contribution in [-0.4, -0.2) is 22.8 Å². The number of pyridine rings is 1. The quantitative estimate of drug-likeness (QED) is 0.667. The lowest BCUT2D eigenvalue weighted by atomic mass is 10.1. The lowest BCUT2D eigenvalue weighted by molar-refractivity contribution is 0.0784. The van der Waals surface area contributed by atoms with Crippen LogP contribution in [0.2, 0.25) is 0 Å². The Morgan fingerprint density at radius 2 is 2.00 bits per heavy atom. The van der Waals surface area contributed by atoms with Crippen LogP contribution in [0.3, 0.4) is 0 Å². The number of carbonyl (C=O) groups excluding carboxylic acids is 1. The molecule has 21 heavy (non-hydrogen) atoms. The van der Waals surface area contributed by atoms with Gasteiger partial charge in [-0.2, -0.15) is 0 Å². The van der Waals surface area contributed by atoms with Crippen molar-refractivity contribution in [1.29, 1.82) is 0 Å². The van der Waals surface area contributed by atoms with Crippen molar-refractivity contribution in [2.24, 2.45) is 5.84 Å². The Balaban J connectivity index is 2.20. The molecular formula is C16H20N4O. The van der Waals surface area contributed by atoms with Gasteiger partial charge in [-0.15, -0.1) is 0 Å². The maximum atomic E-state index is 12.5. The summed E-state index contributed by atoms with van der Waals surface area (Å²) >= 11 is 0. The highest BCUT2D eigenvalue weighted by Gasteiger charge is 2.14. The fourth-order valence-electron chi connectivity index (χ4n) is 2.20. The van der Waals surface area contributed by atoms with Gasteiger partial charge >= 0.3 is 0 Å². The van der Waals surface area contributed by atoms with Crippen molar-refractivity contribution in [3.8, 4) is 0 Å². The van der Waals surface area contributed by atoms with Gasteiger partial charge in [-0.3, -0.25) is 4.79 Å². The number of anilines is 1. The number of hydrogen-bond acceptors (Lipinski definition) is 4. The highest BCUT2D eigenvalue weighted by Crippen LogP contribution is 2.14. The first-order chi connectivity index (χ1) is 10.0. The number of nitrogens with two attached hydrogens (primary N) is 1. The van der Waals surface area contributed by atoms with Crippen LogP contribution in [0.25, 0.3) is 0 Å². The molecule has 0 aliphatic rings. The van der Waals surface area contributed by atoms with Crippen LogP contribution in [0.5, 0.6) is 0 Å². The topological polar surface area (TPSA) is 71.2 Å². The lowest BCUT2D eigenvalue weighted by Gasteiger charge is -2.19. The molecule has 0 radical (unpaired) electrons. The zero-order valence-corrected chi connectivity index (χ0v) is 12.6. The number of nitrogens with zero attached hydrogens (tertiary/aromatic N) is 2. The van der Waals surface area contributed by atoms with E-state index in [4.69, 9.17) is 5.84 Å². The number of benzene rings is 1. The fourth-order valence-corrected chi connectivity index (χ4v) is 2.20. The van der Waals surface area contributed by atoms with Gasteiger partial charge in [0.25, 0.3) is 5.91 Å². The van der Waals surface area contributed by atoms with E-state index in [0.717, 1.165) is 11.3 Å². The van der Waals surface area contributed by atoms with Gasteiger partial charge in [0.15, 0.2) is 0 Å². The Morgan fingerprint density at radius 1 is 1.29 bits per heavy atom. The maximum absolute atomic E-state index is 12.5. The second-order valence-electron chi connectivity index (χ2n) is 5.11. The molecule has 0 saturated heterocycles. The summed E-state index contributed by atoms with van der Waals surface area (Å²) in [5.74, 6) is 5.80. The minimum absolute atomic E-state index is 0.0553. The Bertz CT molecular complexity index is 654. The average Bonchev–Trinajstić information content (AvgIpc) is 2.48. The summed E-state index contributed by atoms with van der Waals surface area (Å²) < 4.78 is 0. The number of amides is 1. The normalized spacial score (nSPS) is 10.3. The van der Waals surface area contributed by atoms with Crippen LogP contribution in [-0.2, 0) is 6.54 Å². The highest BCUT2D eigenvalue weighted by atomic mass is 16.2. The van der Waals surface area contributed by atoms with E-state index >= 15 is 0 Å². The molecule has 0 atom stereocenters. The average molecular weight is 284 g/mol. The van der Waals surface area contributed by atoms with Crippen LogP contribution >= 0.6 is 0 Å². The van der Waals surface area contributed by atoms with Crippen LogP contribution in [0.1, 0.15) is 27.2 Å². The van der Waals surface area contributed by atoms with E-state index in [1.807, 2.05) is 38.1 Å². The van der Waals surface area contributed by atoms with Crippen molar-refractivity contribution < 1.29 is 4.79 Å². The zero-order chi connectivity index (χ0) is 15.4. The number of hydrogen-bond donors (Lipinski definition) is 2. The smallest absolute Gasteiger partial charge is 0.254 e. The van der Waals surface area contributed by atoms with Crippen molar-refractivity contribution in [2.75, 3.05) is 12.5 Å². The lowest BCUT2D eigenvalue weighted by Crippen LogP contribution is -2.27. The molecule has 0 fully saturated rings. The molecule has 0 bridgehead atoms. The summed E-state index contributed by atoms with van der Waals surface area (Å²) in [6.07, 6.45) is 0. The number of aryl methyl sites for hydroxylation is 2. The Labute approximate surface area is 124 Å². The van der Waals surface area contributed by atoms with E-state index in [2.05, 4.69) is 10.4 Å². The summed E-state index contributed by atoms with van der Waals surface area (Å²) in [6.45, 7) is 4.44. The Hall–Kier alpha value is -2.40. The van der Waals surface area contributed by atoms with Crippen LogP contribution in [0, 0.1) is 13.8 Å². The van der Waals surface area contributed by atoms with Gasteiger partial charge in [-0.05, 0) is 37.1 Å². The van der Waals surface area contributed by atoms with E-state index in [-0.39, 0.29) is 5.91 Å². The van der Waals surface area contributed by atoms with Crippen LogP contribution in [0.15, 0.2) is 36.4 Å². The second-order valence-corrected chi connectivity index (χ2v) is 5.11. The number of carbonyl (C=O) groups is 1. The molecule has 0 aliphatic heterocycles. The van der Waals surface area contributed by atoms with Gasteiger partial charge in [0.05, 0.1) is 0 Å². The van der Waals surface area contributed by atoms with E-state index in [1.54, 1.807) is 24.1 Å². The van der Waals surface area contributed by atoms with Gasteiger partial charge in [0.1, 0.15) is 5.82 Å². The first-order valence-electron chi connectivity index (χ1n) is 6.76. The molecule has 0 aliphatic carbocycles. The third-order valence-electron chi connectivity index (χ3n) is 3.36. The number of hydrazine groups is 1. The molecular weight excluding hydrogens is 264 g/mol. The molecule has 110 valence electrons. The summed E-state index contributed by atoms with van der Waals surface area (Å²) in [6, 6.07) is 11.5. The van der Waals surface area contributed by atoms with Gasteiger partial charge in [-0.25, -0.2) is 10.8 Å². The molecule has 2 aromatic rings. The molecule has 1 aromatic carbocycles. The highest BCUT2D eigenvalue weighted by molar-refractivity contribution is 5.94. The molecule has 3 N–H and O–H groups in total. The number of rotatable bonds is 4. The van der Waals surface area contributed by atoms with E-state index in [0.29, 0.717) is 17.9 Å². The van der Waals surface area contributed by atoms with Crippen molar-refractivity contribution in [2.45, 2.75) is 20.4 Å². The molecule has 2 rings (SSSR count). The Kier molecular flexibility index (Phi) is 4.55. The van der Waals surface area contributed by atoms with Gasteiger partial charge in [0.2, 0.25) is 0 Å². The van der Waals surface area contributed by atoms with Gasteiger partial charge in [-0.1, -0.05) is 24.3 Å². The fraction of sp³-hybridized carbons (Fsp3) is 0.250. The molecule has 0 spiro atoms. The minimum atomic E-state index is -0.0553. The number of aromatic nitrogens is 1. The monoisotopic (exact) mass is 284 g/mol. The van der Waals surface area contributed by atoms with E-state index in [1.165, 1.54) is 5.56 Å². The molecule has 0 unspecified atom stereocenters. The third-order valence-corrected chi connectivity index (χ3v) is 3.36. The van der Waals surface area contributed by atoms with Gasteiger partial charge in [0, 0.05) is 24.8 Å². The molecule has 5 heteroatoms. The first-order valence-corrected chi connectivity index (χ1v) is 6.76. The van der Waals surface area contributed by atoms with Crippen LogP contribution < -0.4 is 11.3 Å². The predicted octanol–water partition coefficient (Wildman–Crippen LogP) is 2.26. The second kappa shape index (κ2) is 6.37. The minimum Gasteiger partial charge on any atom is -0.337 e.